The molecular weight excluding hydrogens is 413 g/mol. The van der Waals surface area contributed by atoms with Gasteiger partial charge in [-0.05, 0) is 48.1 Å². The molecule has 2 aromatic rings. The van der Waals surface area contributed by atoms with E-state index in [2.05, 4.69) is 5.32 Å². The number of ether oxygens (including phenoxy) is 1. The van der Waals surface area contributed by atoms with Gasteiger partial charge in [0, 0.05) is 32.4 Å². The number of pyridine rings is 1. The Morgan fingerprint density at radius 3 is 2.69 bits per heavy atom. The van der Waals surface area contributed by atoms with Crippen LogP contribution < -0.4 is 15.6 Å². The van der Waals surface area contributed by atoms with Crippen molar-refractivity contribution < 1.29 is 18.7 Å². The van der Waals surface area contributed by atoms with Crippen molar-refractivity contribution in [1.82, 2.24) is 14.8 Å². The lowest BCUT2D eigenvalue weighted by molar-refractivity contribution is -0.131. The van der Waals surface area contributed by atoms with Gasteiger partial charge in [0.1, 0.15) is 5.56 Å². The molecule has 0 saturated heterocycles. The first-order valence-electron chi connectivity index (χ1n) is 11.0. The maximum Gasteiger partial charge on any atom is 0.263 e. The number of amides is 2. The van der Waals surface area contributed by atoms with Crippen LogP contribution in [0.5, 0.6) is 5.75 Å². The molecule has 170 valence electrons. The van der Waals surface area contributed by atoms with Crippen LogP contribution in [0.1, 0.15) is 52.7 Å². The van der Waals surface area contributed by atoms with Gasteiger partial charge in [-0.2, -0.15) is 0 Å². The minimum absolute atomic E-state index is 0.0665. The summed E-state index contributed by atoms with van der Waals surface area (Å²) >= 11 is 0. The van der Waals surface area contributed by atoms with Crippen LogP contribution in [0.4, 0.5) is 4.39 Å². The highest BCUT2D eigenvalue weighted by atomic mass is 19.1. The molecule has 1 aromatic carbocycles. The van der Waals surface area contributed by atoms with Crippen molar-refractivity contribution in [2.45, 2.75) is 51.1 Å². The molecule has 1 N–H and O–H groups in total. The molecule has 2 heterocycles. The van der Waals surface area contributed by atoms with Crippen molar-refractivity contribution >= 4 is 11.8 Å². The summed E-state index contributed by atoms with van der Waals surface area (Å²) in [5.74, 6) is -0.819. The quantitative estimate of drug-likeness (QED) is 0.772. The molecule has 1 aliphatic heterocycles. The number of hydrogen-bond donors (Lipinski definition) is 1. The van der Waals surface area contributed by atoms with Gasteiger partial charge in [0.05, 0.1) is 13.5 Å². The average Bonchev–Trinajstić information content (AvgIpc) is 3.27. The van der Waals surface area contributed by atoms with E-state index in [4.69, 9.17) is 4.74 Å². The highest BCUT2D eigenvalue weighted by molar-refractivity contribution is 5.96. The van der Waals surface area contributed by atoms with Crippen LogP contribution in [-0.4, -0.2) is 41.0 Å². The monoisotopic (exact) mass is 441 g/mol. The van der Waals surface area contributed by atoms with E-state index in [1.165, 1.54) is 23.8 Å². The standard InChI is InChI=1S/C24H28FN3O4/c1-27-13-16-14-28(21(29)12-15-7-8-20(32-2)19(25)11-15)10-9-18(16)22(24(27)31)23(30)26-17-5-3-4-6-17/h7-8,11,13,17H,3-6,9-10,12,14H2,1-2H3,(H,26,30). The third kappa shape index (κ3) is 4.40. The molecule has 0 bridgehead atoms. The van der Waals surface area contributed by atoms with E-state index >= 15 is 0 Å². The first-order chi connectivity index (χ1) is 15.4. The van der Waals surface area contributed by atoms with Crippen LogP contribution in [0.3, 0.4) is 0 Å². The number of aromatic nitrogens is 1. The normalized spacial score (nSPS) is 16.0. The number of methoxy groups -OCH3 is 1. The van der Waals surface area contributed by atoms with E-state index in [0.29, 0.717) is 25.1 Å². The Morgan fingerprint density at radius 1 is 1.25 bits per heavy atom. The molecular formula is C24H28FN3O4. The molecule has 2 amide bonds. The second kappa shape index (κ2) is 9.14. The Morgan fingerprint density at radius 2 is 2.00 bits per heavy atom. The third-order valence-corrected chi connectivity index (χ3v) is 6.41. The summed E-state index contributed by atoms with van der Waals surface area (Å²) in [5, 5.41) is 3.02. The molecule has 1 fully saturated rings. The van der Waals surface area contributed by atoms with Crippen LogP contribution in [0, 0.1) is 5.82 Å². The topological polar surface area (TPSA) is 80.6 Å². The number of nitrogens with one attached hydrogen (secondary N) is 1. The summed E-state index contributed by atoms with van der Waals surface area (Å²) in [6, 6.07) is 4.61. The van der Waals surface area contributed by atoms with Crippen molar-refractivity contribution in [3.8, 4) is 5.75 Å². The molecule has 7 nitrogen and oxygen atoms in total. The number of benzene rings is 1. The van der Waals surface area contributed by atoms with E-state index in [0.717, 1.165) is 36.8 Å². The summed E-state index contributed by atoms with van der Waals surface area (Å²) in [4.78, 5) is 40.3. The molecule has 1 aromatic heterocycles. The maximum atomic E-state index is 14.0. The van der Waals surface area contributed by atoms with Crippen LogP contribution >= 0.6 is 0 Å². The van der Waals surface area contributed by atoms with Crippen molar-refractivity contribution in [2.24, 2.45) is 7.05 Å². The summed E-state index contributed by atoms with van der Waals surface area (Å²) in [6.45, 7) is 0.714. The van der Waals surface area contributed by atoms with Gasteiger partial charge in [0.15, 0.2) is 11.6 Å². The molecule has 1 saturated carbocycles. The van der Waals surface area contributed by atoms with Crippen molar-refractivity contribution in [1.29, 1.82) is 0 Å². The number of nitrogens with zero attached hydrogens (tertiary/aromatic N) is 2. The molecule has 2 aliphatic rings. The highest BCUT2D eigenvalue weighted by Gasteiger charge is 2.29. The lowest BCUT2D eigenvalue weighted by atomic mass is 9.95. The van der Waals surface area contributed by atoms with E-state index in [1.807, 2.05) is 0 Å². The number of fused-ring (bicyclic) bond motifs is 1. The Bertz CT molecular complexity index is 1110. The van der Waals surface area contributed by atoms with E-state index in [-0.39, 0.29) is 41.1 Å². The minimum atomic E-state index is -0.505. The van der Waals surface area contributed by atoms with E-state index < -0.39 is 5.82 Å². The van der Waals surface area contributed by atoms with Gasteiger partial charge in [0.25, 0.3) is 11.5 Å². The number of halogens is 1. The molecule has 8 heteroatoms. The fraction of sp³-hybridized carbons (Fsp3) is 0.458. The lowest BCUT2D eigenvalue weighted by Gasteiger charge is -2.30. The zero-order valence-electron chi connectivity index (χ0n) is 18.4. The van der Waals surface area contributed by atoms with Gasteiger partial charge < -0.3 is 19.5 Å². The summed E-state index contributed by atoms with van der Waals surface area (Å²) < 4.78 is 20.3. The SMILES string of the molecule is COc1ccc(CC(=O)N2CCc3c(cn(C)c(=O)c3C(=O)NC3CCCC3)C2)cc1F. The van der Waals surface area contributed by atoms with Crippen LogP contribution in [0.2, 0.25) is 0 Å². The van der Waals surface area contributed by atoms with E-state index in [9.17, 15) is 18.8 Å². The average molecular weight is 442 g/mol. The zero-order valence-corrected chi connectivity index (χ0v) is 18.4. The predicted molar refractivity (Wildman–Crippen MR) is 117 cm³/mol. The van der Waals surface area contributed by atoms with Gasteiger partial charge in [-0.1, -0.05) is 18.9 Å². The molecule has 0 atom stereocenters. The van der Waals surface area contributed by atoms with Gasteiger partial charge >= 0.3 is 0 Å². The Hall–Kier alpha value is -3.16. The predicted octanol–water partition coefficient (Wildman–Crippen LogP) is 2.33. The van der Waals surface area contributed by atoms with Gasteiger partial charge in [-0.3, -0.25) is 14.4 Å². The van der Waals surface area contributed by atoms with Crippen LogP contribution in [-0.2, 0) is 31.2 Å². The van der Waals surface area contributed by atoms with E-state index in [1.54, 1.807) is 24.2 Å². The number of aryl methyl sites for hydroxylation is 1. The first kappa shape index (κ1) is 22.0. The molecule has 0 radical (unpaired) electrons. The fourth-order valence-electron chi connectivity index (χ4n) is 4.67. The number of carbonyl (C=O) groups is 2. The first-order valence-corrected chi connectivity index (χ1v) is 11.0. The molecule has 4 rings (SSSR count). The summed E-state index contributed by atoms with van der Waals surface area (Å²) in [5.41, 5.74) is 1.97. The summed E-state index contributed by atoms with van der Waals surface area (Å²) in [7, 11) is 3.01. The minimum Gasteiger partial charge on any atom is -0.494 e. The Balaban J connectivity index is 1.52. The van der Waals surface area contributed by atoms with Crippen LogP contribution in [0.25, 0.3) is 0 Å². The molecule has 0 unspecified atom stereocenters. The smallest absolute Gasteiger partial charge is 0.263 e. The maximum absolute atomic E-state index is 14.0. The highest BCUT2D eigenvalue weighted by Crippen LogP contribution is 2.24. The lowest BCUT2D eigenvalue weighted by Crippen LogP contribution is -2.42. The number of rotatable bonds is 5. The second-order valence-corrected chi connectivity index (χ2v) is 8.59. The van der Waals surface area contributed by atoms with Gasteiger partial charge in [-0.25, -0.2) is 4.39 Å². The molecule has 0 spiro atoms. The Kier molecular flexibility index (Phi) is 6.30. The van der Waals surface area contributed by atoms with Gasteiger partial charge in [-0.15, -0.1) is 0 Å². The van der Waals surface area contributed by atoms with Crippen molar-refractivity contribution in [3.05, 3.63) is 62.8 Å². The van der Waals surface area contributed by atoms with Gasteiger partial charge in [0.2, 0.25) is 5.91 Å². The third-order valence-electron chi connectivity index (χ3n) is 6.41. The Labute approximate surface area is 186 Å². The number of hydrogen-bond acceptors (Lipinski definition) is 4. The summed E-state index contributed by atoms with van der Waals surface area (Å²) in [6.07, 6.45) is 6.26. The molecule has 32 heavy (non-hydrogen) atoms. The van der Waals surface area contributed by atoms with Crippen molar-refractivity contribution in [3.63, 3.8) is 0 Å². The fourth-order valence-corrected chi connectivity index (χ4v) is 4.67. The van der Waals surface area contributed by atoms with Crippen molar-refractivity contribution in [2.75, 3.05) is 13.7 Å². The molecule has 1 aliphatic carbocycles. The largest absolute Gasteiger partial charge is 0.494 e. The zero-order chi connectivity index (χ0) is 22.8. The number of carbonyl (C=O) groups excluding carboxylic acids is 2. The second-order valence-electron chi connectivity index (χ2n) is 8.59. The van der Waals surface area contributed by atoms with Crippen LogP contribution in [0.15, 0.2) is 29.2 Å².